The summed E-state index contributed by atoms with van der Waals surface area (Å²) in [6.07, 6.45) is -5.10. The molecule has 1 aromatic rings. The summed E-state index contributed by atoms with van der Waals surface area (Å²) < 4.78 is 41.0. The van der Waals surface area contributed by atoms with Crippen LogP contribution in [0.3, 0.4) is 0 Å². The lowest BCUT2D eigenvalue weighted by atomic mass is 10.2. The van der Waals surface area contributed by atoms with E-state index in [-0.39, 0.29) is 6.61 Å². The summed E-state index contributed by atoms with van der Waals surface area (Å²) >= 11 is 0. The van der Waals surface area contributed by atoms with Gasteiger partial charge < -0.3 is 10.1 Å². The number of rotatable bonds is 6. The Bertz CT molecular complexity index is 363. The van der Waals surface area contributed by atoms with Crippen molar-refractivity contribution in [2.75, 3.05) is 6.61 Å². The highest BCUT2D eigenvalue weighted by Gasteiger charge is 2.26. The first-order chi connectivity index (χ1) is 8.37. The van der Waals surface area contributed by atoms with E-state index in [9.17, 15) is 13.2 Å². The maximum absolute atomic E-state index is 12.0. The minimum absolute atomic E-state index is 0.343. The summed E-state index contributed by atoms with van der Waals surface area (Å²) in [6, 6.07) is 7.47. The van der Waals surface area contributed by atoms with Crippen LogP contribution in [0.1, 0.15) is 25.8 Å². The Morgan fingerprint density at radius 2 is 2.00 bits per heavy atom. The van der Waals surface area contributed by atoms with E-state index in [1.807, 2.05) is 19.9 Å². The van der Waals surface area contributed by atoms with Crippen LogP contribution in [0.2, 0.25) is 0 Å². The molecule has 0 spiro atoms. The Labute approximate surface area is 105 Å². The summed E-state index contributed by atoms with van der Waals surface area (Å²) in [6.45, 7) is 4.39. The average molecular weight is 261 g/mol. The van der Waals surface area contributed by atoms with Crippen LogP contribution >= 0.6 is 0 Å². The lowest BCUT2D eigenvalue weighted by molar-refractivity contribution is -0.139. The van der Waals surface area contributed by atoms with Gasteiger partial charge in [-0.2, -0.15) is 13.2 Å². The smallest absolute Gasteiger partial charge is 0.392 e. The topological polar surface area (TPSA) is 21.3 Å². The fourth-order valence-corrected chi connectivity index (χ4v) is 1.35. The molecule has 0 radical (unpaired) electrons. The van der Waals surface area contributed by atoms with Gasteiger partial charge in [-0.05, 0) is 17.7 Å². The standard InChI is InChI=1S/C13H18F3NO/c1-10(2)17-9-11-4-3-5-12(8-11)18-7-6-13(14,15)16/h3-5,8,10,17H,6-7,9H2,1-2H3. The summed E-state index contributed by atoms with van der Waals surface area (Å²) in [5.74, 6) is 0.474. The lowest BCUT2D eigenvalue weighted by Crippen LogP contribution is -2.21. The molecule has 0 atom stereocenters. The van der Waals surface area contributed by atoms with Crippen LogP contribution in [0.15, 0.2) is 24.3 Å². The van der Waals surface area contributed by atoms with Crippen LogP contribution in [-0.2, 0) is 6.54 Å². The third-order valence-corrected chi connectivity index (χ3v) is 2.27. The zero-order chi connectivity index (χ0) is 13.6. The summed E-state index contributed by atoms with van der Waals surface area (Å²) in [5.41, 5.74) is 0.994. The van der Waals surface area contributed by atoms with Gasteiger partial charge in [0.2, 0.25) is 0 Å². The molecule has 0 fully saturated rings. The zero-order valence-corrected chi connectivity index (χ0v) is 10.6. The highest BCUT2D eigenvalue weighted by atomic mass is 19.4. The van der Waals surface area contributed by atoms with Gasteiger partial charge in [0.15, 0.2) is 0 Å². The number of halogens is 3. The van der Waals surface area contributed by atoms with Gasteiger partial charge in [0.05, 0.1) is 13.0 Å². The Hall–Kier alpha value is -1.23. The van der Waals surface area contributed by atoms with Crippen molar-refractivity contribution in [2.45, 2.75) is 39.0 Å². The monoisotopic (exact) mass is 261 g/mol. The Morgan fingerprint density at radius 1 is 1.28 bits per heavy atom. The molecule has 0 aliphatic heterocycles. The predicted molar refractivity (Wildman–Crippen MR) is 64.6 cm³/mol. The summed E-state index contributed by atoms with van der Waals surface area (Å²) in [4.78, 5) is 0. The minimum Gasteiger partial charge on any atom is -0.493 e. The molecule has 0 unspecified atom stereocenters. The molecule has 102 valence electrons. The van der Waals surface area contributed by atoms with Crippen LogP contribution in [0, 0.1) is 0 Å². The average Bonchev–Trinajstić information content (AvgIpc) is 2.25. The largest absolute Gasteiger partial charge is 0.493 e. The molecule has 0 aromatic heterocycles. The van der Waals surface area contributed by atoms with Crippen LogP contribution in [-0.4, -0.2) is 18.8 Å². The van der Waals surface area contributed by atoms with Crippen molar-refractivity contribution in [3.05, 3.63) is 29.8 Å². The van der Waals surface area contributed by atoms with E-state index < -0.39 is 12.6 Å². The van der Waals surface area contributed by atoms with Crippen molar-refractivity contribution < 1.29 is 17.9 Å². The molecule has 5 heteroatoms. The normalized spacial score (nSPS) is 11.9. The Morgan fingerprint density at radius 3 is 2.61 bits per heavy atom. The number of ether oxygens (including phenoxy) is 1. The van der Waals surface area contributed by atoms with E-state index in [0.717, 1.165) is 5.56 Å². The van der Waals surface area contributed by atoms with Gasteiger partial charge in [-0.15, -0.1) is 0 Å². The van der Waals surface area contributed by atoms with Crippen LogP contribution in [0.25, 0.3) is 0 Å². The molecule has 0 heterocycles. The van der Waals surface area contributed by atoms with Crippen LogP contribution < -0.4 is 10.1 Å². The Balaban J connectivity index is 2.44. The summed E-state index contributed by atoms with van der Waals surface area (Å²) in [5, 5.41) is 3.23. The maximum atomic E-state index is 12.0. The van der Waals surface area contributed by atoms with Crippen LogP contribution in [0.4, 0.5) is 13.2 Å². The van der Waals surface area contributed by atoms with Crippen molar-refractivity contribution in [3.63, 3.8) is 0 Å². The van der Waals surface area contributed by atoms with Gasteiger partial charge in [-0.1, -0.05) is 26.0 Å². The number of alkyl halides is 3. The second-order valence-corrected chi connectivity index (χ2v) is 4.40. The fourth-order valence-electron chi connectivity index (χ4n) is 1.35. The van der Waals surface area contributed by atoms with E-state index in [1.54, 1.807) is 18.2 Å². The zero-order valence-electron chi connectivity index (χ0n) is 10.6. The molecular formula is C13H18F3NO. The van der Waals surface area contributed by atoms with E-state index in [1.165, 1.54) is 0 Å². The van der Waals surface area contributed by atoms with Crippen LogP contribution in [0.5, 0.6) is 5.75 Å². The van der Waals surface area contributed by atoms with E-state index in [4.69, 9.17) is 4.74 Å². The molecule has 1 aromatic carbocycles. The molecule has 0 bridgehead atoms. The first kappa shape index (κ1) is 14.8. The maximum Gasteiger partial charge on any atom is 0.392 e. The molecule has 0 saturated heterocycles. The molecule has 1 N–H and O–H groups in total. The molecular weight excluding hydrogens is 243 g/mol. The highest BCUT2D eigenvalue weighted by Crippen LogP contribution is 2.20. The predicted octanol–water partition coefficient (Wildman–Crippen LogP) is 3.52. The number of benzene rings is 1. The molecule has 2 nitrogen and oxygen atoms in total. The van der Waals surface area contributed by atoms with E-state index in [2.05, 4.69) is 5.32 Å². The lowest BCUT2D eigenvalue weighted by Gasteiger charge is -2.11. The highest BCUT2D eigenvalue weighted by molar-refractivity contribution is 5.28. The van der Waals surface area contributed by atoms with E-state index >= 15 is 0 Å². The SMILES string of the molecule is CC(C)NCc1cccc(OCCC(F)(F)F)c1. The van der Waals surface area contributed by atoms with Gasteiger partial charge >= 0.3 is 6.18 Å². The van der Waals surface area contributed by atoms with Crippen molar-refractivity contribution in [1.82, 2.24) is 5.32 Å². The molecule has 18 heavy (non-hydrogen) atoms. The van der Waals surface area contributed by atoms with Crippen molar-refractivity contribution in [2.24, 2.45) is 0 Å². The number of hydrogen-bond acceptors (Lipinski definition) is 2. The van der Waals surface area contributed by atoms with Gasteiger partial charge in [0.25, 0.3) is 0 Å². The van der Waals surface area contributed by atoms with Crippen molar-refractivity contribution >= 4 is 0 Å². The Kier molecular flexibility index (Phi) is 5.47. The summed E-state index contributed by atoms with van der Waals surface area (Å²) in [7, 11) is 0. The van der Waals surface area contributed by atoms with Gasteiger partial charge in [0, 0.05) is 12.6 Å². The first-order valence-corrected chi connectivity index (χ1v) is 5.89. The second kappa shape index (κ2) is 6.64. The molecule has 1 rings (SSSR count). The quantitative estimate of drug-likeness (QED) is 0.846. The van der Waals surface area contributed by atoms with Crippen molar-refractivity contribution in [3.8, 4) is 5.75 Å². The molecule has 0 aliphatic carbocycles. The van der Waals surface area contributed by atoms with E-state index in [0.29, 0.717) is 18.3 Å². The fraction of sp³-hybridized carbons (Fsp3) is 0.538. The van der Waals surface area contributed by atoms with Gasteiger partial charge in [-0.25, -0.2) is 0 Å². The number of hydrogen-bond donors (Lipinski definition) is 1. The van der Waals surface area contributed by atoms with Crippen molar-refractivity contribution in [1.29, 1.82) is 0 Å². The molecule has 0 aliphatic rings. The van der Waals surface area contributed by atoms with Gasteiger partial charge in [-0.3, -0.25) is 0 Å². The minimum atomic E-state index is -4.17. The molecule has 0 amide bonds. The first-order valence-electron chi connectivity index (χ1n) is 5.89. The third kappa shape index (κ3) is 6.49. The van der Waals surface area contributed by atoms with Gasteiger partial charge in [0.1, 0.15) is 5.75 Å². The second-order valence-electron chi connectivity index (χ2n) is 4.40. The number of nitrogens with one attached hydrogen (secondary N) is 1. The molecule has 0 saturated carbocycles. The third-order valence-electron chi connectivity index (χ3n) is 2.27.